The van der Waals surface area contributed by atoms with Crippen LogP contribution < -0.4 is 5.32 Å². The number of anilines is 2. The molecule has 0 aliphatic carbocycles. The predicted molar refractivity (Wildman–Crippen MR) is 83.7 cm³/mol. The molecule has 0 fully saturated rings. The molecule has 0 unspecified atom stereocenters. The van der Waals surface area contributed by atoms with E-state index in [1.54, 1.807) is 0 Å². The number of nitrogens with one attached hydrogen (secondary N) is 1. The Morgan fingerprint density at radius 3 is 1.72 bits per heavy atom. The third-order valence-electron chi connectivity index (χ3n) is 3.58. The molecule has 0 saturated heterocycles. The van der Waals surface area contributed by atoms with Crippen molar-refractivity contribution in [2.24, 2.45) is 0 Å². The molecule has 2 aromatic carbocycles. The molecule has 3 heteroatoms. The highest BCUT2D eigenvalue weighted by molar-refractivity contribution is 9.10. The van der Waals surface area contributed by atoms with Gasteiger partial charge in [-0.2, -0.15) is 0 Å². The third kappa shape index (κ3) is 1.81. The van der Waals surface area contributed by atoms with Crippen LogP contribution in [0.2, 0.25) is 0 Å². The molecule has 0 amide bonds. The molecule has 92 valence electrons. The van der Waals surface area contributed by atoms with E-state index < -0.39 is 0 Å². The van der Waals surface area contributed by atoms with E-state index in [0.717, 1.165) is 8.95 Å². The Kier molecular flexibility index (Phi) is 2.79. The predicted octanol–water partition coefficient (Wildman–Crippen LogP) is 5.59. The normalized spacial score (nSPS) is 15.6. The van der Waals surface area contributed by atoms with Crippen molar-refractivity contribution in [1.29, 1.82) is 0 Å². The summed E-state index contributed by atoms with van der Waals surface area (Å²) in [6, 6.07) is 12.8. The zero-order chi connectivity index (χ0) is 12.9. The summed E-state index contributed by atoms with van der Waals surface area (Å²) in [7, 11) is 0. The van der Waals surface area contributed by atoms with Crippen molar-refractivity contribution in [3.8, 4) is 0 Å². The van der Waals surface area contributed by atoms with Gasteiger partial charge in [0.25, 0.3) is 0 Å². The Morgan fingerprint density at radius 2 is 1.28 bits per heavy atom. The second-order valence-electron chi connectivity index (χ2n) is 5.13. The first-order valence-electron chi connectivity index (χ1n) is 5.85. The molecule has 0 spiro atoms. The summed E-state index contributed by atoms with van der Waals surface area (Å²) >= 11 is 7.12. The van der Waals surface area contributed by atoms with Gasteiger partial charge in [0.1, 0.15) is 0 Å². The van der Waals surface area contributed by atoms with E-state index >= 15 is 0 Å². The lowest BCUT2D eigenvalue weighted by Gasteiger charge is -2.36. The monoisotopic (exact) mass is 365 g/mol. The van der Waals surface area contributed by atoms with Crippen molar-refractivity contribution in [3.05, 3.63) is 56.5 Å². The van der Waals surface area contributed by atoms with Crippen LogP contribution in [0, 0.1) is 0 Å². The highest BCUT2D eigenvalue weighted by Gasteiger charge is 2.32. The number of rotatable bonds is 0. The van der Waals surface area contributed by atoms with Gasteiger partial charge in [0.05, 0.1) is 0 Å². The fourth-order valence-corrected chi connectivity index (χ4v) is 3.30. The minimum atomic E-state index is 0.00345. The van der Waals surface area contributed by atoms with Crippen molar-refractivity contribution in [2.45, 2.75) is 19.3 Å². The second-order valence-corrected chi connectivity index (χ2v) is 6.96. The fourth-order valence-electron chi connectivity index (χ4n) is 2.58. The Hall–Kier alpha value is -0.800. The number of fused-ring (bicyclic) bond motifs is 2. The largest absolute Gasteiger partial charge is 0.355 e. The molecule has 0 aromatic heterocycles. The Balaban J connectivity index is 2.27. The van der Waals surface area contributed by atoms with Crippen LogP contribution >= 0.6 is 31.9 Å². The molecule has 18 heavy (non-hydrogen) atoms. The van der Waals surface area contributed by atoms with E-state index in [0.29, 0.717) is 0 Å². The lowest BCUT2D eigenvalue weighted by molar-refractivity contribution is 0.637. The zero-order valence-corrected chi connectivity index (χ0v) is 13.4. The maximum absolute atomic E-state index is 3.56. The van der Waals surface area contributed by atoms with E-state index in [1.165, 1.54) is 22.5 Å². The van der Waals surface area contributed by atoms with Crippen LogP contribution in [0.5, 0.6) is 0 Å². The minimum Gasteiger partial charge on any atom is -0.355 e. The van der Waals surface area contributed by atoms with Gasteiger partial charge < -0.3 is 5.32 Å². The number of hydrogen-bond acceptors (Lipinski definition) is 1. The molecular formula is C15H13Br2N. The SMILES string of the molecule is CC1(C)c2cc(Br)ccc2Nc2ccc(Br)cc21. The first kappa shape index (κ1) is 12.2. The van der Waals surface area contributed by atoms with Gasteiger partial charge in [0.15, 0.2) is 0 Å². The average Bonchev–Trinajstić information content (AvgIpc) is 2.32. The van der Waals surface area contributed by atoms with E-state index in [9.17, 15) is 0 Å². The van der Waals surface area contributed by atoms with Crippen molar-refractivity contribution in [2.75, 3.05) is 5.32 Å². The topological polar surface area (TPSA) is 12.0 Å². The van der Waals surface area contributed by atoms with Crippen LogP contribution in [0.15, 0.2) is 45.3 Å². The molecule has 1 aliphatic rings. The first-order valence-corrected chi connectivity index (χ1v) is 7.44. The Labute approximate surface area is 124 Å². The number of hydrogen-bond donors (Lipinski definition) is 1. The summed E-state index contributed by atoms with van der Waals surface area (Å²) in [5, 5.41) is 3.51. The lowest BCUT2D eigenvalue weighted by Crippen LogP contribution is -2.25. The average molecular weight is 367 g/mol. The summed E-state index contributed by atoms with van der Waals surface area (Å²) < 4.78 is 2.24. The fraction of sp³-hybridized carbons (Fsp3) is 0.200. The lowest BCUT2D eigenvalue weighted by atomic mass is 9.74. The molecule has 1 nitrogen and oxygen atoms in total. The number of benzene rings is 2. The molecule has 1 N–H and O–H groups in total. The van der Waals surface area contributed by atoms with Gasteiger partial charge in [-0.25, -0.2) is 0 Å². The molecule has 2 aromatic rings. The first-order chi connectivity index (χ1) is 8.48. The molecule has 0 saturated carbocycles. The standard InChI is InChI=1S/C15H13Br2N/c1-15(2)11-7-9(16)3-5-13(11)18-14-6-4-10(17)8-12(14)15/h3-8,18H,1-2H3. The summed E-state index contributed by atoms with van der Waals surface area (Å²) in [6.07, 6.45) is 0. The molecule has 1 heterocycles. The van der Waals surface area contributed by atoms with Gasteiger partial charge in [-0.1, -0.05) is 45.7 Å². The van der Waals surface area contributed by atoms with Crippen LogP contribution in [0.25, 0.3) is 0 Å². The van der Waals surface area contributed by atoms with Crippen molar-refractivity contribution < 1.29 is 0 Å². The van der Waals surface area contributed by atoms with Crippen molar-refractivity contribution in [1.82, 2.24) is 0 Å². The molecule has 0 radical (unpaired) electrons. The second kappa shape index (κ2) is 4.10. The van der Waals surface area contributed by atoms with E-state index in [4.69, 9.17) is 0 Å². The summed E-state index contributed by atoms with van der Waals surface area (Å²) in [6.45, 7) is 4.54. The van der Waals surface area contributed by atoms with Crippen LogP contribution in [0.1, 0.15) is 25.0 Å². The summed E-state index contributed by atoms with van der Waals surface area (Å²) in [5.41, 5.74) is 5.03. The van der Waals surface area contributed by atoms with Gasteiger partial charge in [-0.3, -0.25) is 0 Å². The Morgan fingerprint density at radius 1 is 0.833 bits per heavy atom. The molecule has 3 rings (SSSR count). The molecular weight excluding hydrogens is 354 g/mol. The van der Waals surface area contributed by atoms with E-state index in [-0.39, 0.29) is 5.41 Å². The van der Waals surface area contributed by atoms with Gasteiger partial charge in [0.2, 0.25) is 0 Å². The van der Waals surface area contributed by atoms with Gasteiger partial charge in [-0.05, 0) is 47.5 Å². The smallest absolute Gasteiger partial charge is 0.0426 e. The van der Waals surface area contributed by atoms with Gasteiger partial charge >= 0.3 is 0 Å². The highest BCUT2D eigenvalue weighted by Crippen LogP contribution is 2.46. The van der Waals surface area contributed by atoms with E-state index in [1.807, 2.05) is 0 Å². The van der Waals surface area contributed by atoms with Crippen LogP contribution in [0.3, 0.4) is 0 Å². The van der Waals surface area contributed by atoms with Crippen molar-refractivity contribution in [3.63, 3.8) is 0 Å². The van der Waals surface area contributed by atoms with Crippen LogP contribution in [-0.2, 0) is 5.41 Å². The van der Waals surface area contributed by atoms with E-state index in [2.05, 4.69) is 87.4 Å². The maximum atomic E-state index is 3.56. The third-order valence-corrected chi connectivity index (χ3v) is 4.57. The maximum Gasteiger partial charge on any atom is 0.0426 e. The van der Waals surface area contributed by atoms with Gasteiger partial charge in [0, 0.05) is 25.7 Å². The summed E-state index contributed by atoms with van der Waals surface area (Å²) in [5.74, 6) is 0. The minimum absolute atomic E-state index is 0.00345. The summed E-state index contributed by atoms with van der Waals surface area (Å²) in [4.78, 5) is 0. The van der Waals surface area contributed by atoms with Crippen LogP contribution in [-0.4, -0.2) is 0 Å². The van der Waals surface area contributed by atoms with Crippen molar-refractivity contribution >= 4 is 43.2 Å². The number of halogens is 2. The molecule has 0 bridgehead atoms. The molecule has 1 aliphatic heterocycles. The van der Waals surface area contributed by atoms with Gasteiger partial charge in [-0.15, -0.1) is 0 Å². The molecule has 0 atom stereocenters. The Bertz CT molecular complexity index is 579. The zero-order valence-electron chi connectivity index (χ0n) is 10.2. The highest BCUT2D eigenvalue weighted by atomic mass is 79.9. The quantitative estimate of drug-likeness (QED) is 0.640. The van der Waals surface area contributed by atoms with Crippen LogP contribution in [0.4, 0.5) is 11.4 Å².